The highest BCUT2D eigenvalue weighted by atomic mass is 35.5. The highest BCUT2D eigenvalue weighted by molar-refractivity contribution is 7.89. The zero-order chi connectivity index (χ0) is 17.3. The number of sulfonamides is 1. The summed E-state index contributed by atoms with van der Waals surface area (Å²) < 4.78 is 33.4. The Kier molecular flexibility index (Phi) is 3.38. The van der Waals surface area contributed by atoms with E-state index in [1.807, 2.05) is 0 Å². The SMILES string of the molecule is CC1(C)CC2CC(C)(CN2S(=O)(=O)c2ccc(Cl)c3conc23)C1. The van der Waals surface area contributed by atoms with Crippen LogP contribution in [0, 0.1) is 10.8 Å². The average Bonchev–Trinajstić information content (AvgIpc) is 3.01. The Morgan fingerprint density at radius 3 is 2.79 bits per heavy atom. The summed E-state index contributed by atoms with van der Waals surface area (Å²) in [6.45, 7) is 7.21. The molecule has 1 aromatic heterocycles. The first kappa shape index (κ1) is 16.4. The van der Waals surface area contributed by atoms with E-state index in [2.05, 4.69) is 25.9 Å². The van der Waals surface area contributed by atoms with Crippen LogP contribution in [-0.2, 0) is 10.0 Å². The first-order valence-corrected chi connectivity index (χ1v) is 9.98. The summed E-state index contributed by atoms with van der Waals surface area (Å²) in [5.74, 6) is 0. The molecule has 130 valence electrons. The van der Waals surface area contributed by atoms with E-state index in [9.17, 15) is 8.42 Å². The van der Waals surface area contributed by atoms with Gasteiger partial charge in [-0.15, -0.1) is 0 Å². The second kappa shape index (κ2) is 4.96. The van der Waals surface area contributed by atoms with Crippen LogP contribution in [0.15, 0.2) is 27.8 Å². The zero-order valence-electron chi connectivity index (χ0n) is 14.0. The number of rotatable bonds is 2. The van der Waals surface area contributed by atoms with Crippen LogP contribution in [0.4, 0.5) is 0 Å². The molecule has 4 rings (SSSR count). The van der Waals surface area contributed by atoms with Gasteiger partial charge in [0.1, 0.15) is 16.7 Å². The van der Waals surface area contributed by atoms with Crippen molar-refractivity contribution in [3.63, 3.8) is 0 Å². The van der Waals surface area contributed by atoms with Crippen LogP contribution in [0.3, 0.4) is 0 Å². The number of nitrogens with zero attached hydrogens (tertiary/aromatic N) is 2. The van der Waals surface area contributed by atoms with E-state index in [1.54, 1.807) is 10.4 Å². The van der Waals surface area contributed by atoms with Gasteiger partial charge in [-0.1, -0.05) is 37.5 Å². The lowest BCUT2D eigenvalue weighted by Gasteiger charge is -2.39. The molecule has 0 amide bonds. The third-order valence-electron chi connectivity index (χ3n) is 5.39. The fraction of sp³-hybridized carbons (Fsp3) is 0.588. The maximum absolute atomic E-state index is 13.4. The van der Waals surface area contributed by atoms with Crippen LogP contribution in [-0.4, -0.2) is 30.5 Å². The molecular formula is C17H21ClN2O3S. The van der Waals surface area contributed by atoms with E-state index >= 15 is 0 Å². The van der Waals surface area contributed by atoms with E-state index in [0.29, 0.717) is 22.5 Å². The summed E-state index contributed by atoms with van der Waals surface area (Å²) >= 11 is 6.12. The van der Waals surface area contributed by atoms with E-state index < -0.39 is 10.0 Å². The van der Waals surface area contributed by atoms with Crippen molar-refractivity contribution in [3.8, 4) is 0 Å². The zero-order valence-corrected chi connectivity index (χ0v) is 15.6. The predicted octanol–water partition coefficient (Wildman–Crippen LogP) is 4.07. The van der Waals surface area contributed by atoms with Crippen LogP contribution < -0.4 is 0 Å². The van der Waals surface area contributed by atoms with E-state index in [-0.39, 0.29) is 21.8 Å². The number of aromatic nitrogens is 1. The number of halogens is 1. The molecule has 1 aliphatic carbocycles. The summed E-state index contributed by atoms with van der Waals surface area (Å²) in [5, 5.41) is 4.86. The van der Waals surface area contributed by atoms with E-state index in [0.717, 1.165) is 19.3 Å². The number of benzene rings is 1. The first-order valence-electron chi connectivity index (χ1n) is 8.16. The third kappa shape index (κ3) is 2.38. The van der Waals surface area contributed by atoms with Crippen LogP contribution >= 0.6 is 11.6 Å². The van der Waals surface area contributed by atoms with Crippen LogP contribution in [0.25, 0.3) is 10.9 Å². The van der Waals surface area contributed by atoms with Crippen molar-refractivity contribution in [1.29, 1.82) is 0 Å². The van der Waals surface area contributed by atoms with Crippen molar-refractivity contribution in [2.75, 3.05) is 6.54 Å². The number of hydrogen-bond acceptors (Lipinski definition) is 4. The van der Waals surface area contributed by atoms with Gasteiger partial charge in [-0.2, -0.15) is 4.31 Å². The van der Waals surface area contributed by atoms with E-state index in [1.165, 1.54) is 12.3 Å². The fourth-order valence-electron chi connectivity index (χ4n) is 4.93. The van der Waals surface area contributed by atoms with Crippen LogP contribution in [0.5, 0.6) is 0 Å². The fourth-order valence-corrected chi connectivity index (χ4v) is 7.03. The predicted molar refractivity (Wildman–Crippen MR) is 92.4 cm³/mol. The van der Waals surface area contributed by atoms with Crippen molar-refractivity contribution in [3.05, 3.63) is 23.4 Å². The Bertz CT molecular complexity index is 921. The number of fused-ring (bicyclic) bond motifs is 3. The van der Waals surface area contributed by atoms with Gasteiger partial charge in [0.05, 0.1) is 10.4 Å². The quantitative estimate of drug-likeness (QED) is 0.801. The van der Waals surface area contributed by atoms with Crippen LogP contribution in [0.2, 0.25) is 5.02 Å². The van der Waals surface area contributed by atoms with Gasteiger partial charge in [0.2, 0.25) is 10.0 Å². The van der Waals surface area contributed by atoms with Gasteiger partial charge in [-0.05, 0) is 42.2 Å². The topological polar surface area (TPSA) is 63.4 Å². The molecule has 5 nitrogen and oxygen atoms in total. The summed E-state index contributed by atoms with van der Waals surface area (Å²) in [6.07, 6.45) is 4.24. The minimum absolute atomic E-state index is 0.0366. The molecule has 7 heteroatoms. The lowest BCUT2D eigenvalue weighted by atomic mass is 9.65. The molecule has 2 atom stereocenters. The van der Waals surface area contributed by atoms with E-state index in [4.69, 9.17) is 16.1 Å². The molecule has 1 saturated heterocycles. The minimum atomic E-state index is -3.64. The molecule has 2 aromatic rings. The maximum atomic E-state index is 13.4. The Morgan fingerprint density at radius 1 is 1.29 bits per heavy atom. The second-order valence-electron chi connectivity index (χ2n) is 8.39. The maximum Gasteiger partial charge on any atom is 0.245 e. The van der Waals surface area contributed by atoms with Gasteiger partial charge in [0.25, 0.3) is 0 Å². The van der Waals surface area contributed by atoms with Crippen molar-refractivity contribution in [1.82, 2.24) is 9.46 Å². The molecule has 0 spiro atoms. The van der Waals surface area contributed by atoms with Crippen molar-refractivity contribution in [2.24, 2.45) is 10.8 Å². The monoisotopic (exact) mass is 368 g/mol. The van der Waals surface area contributed by atoms with Gasteiger partial charge in [-0.3, -0.25) is 0 Å². The van der Waals surface area contributed by atoms with Gasteiger partial charge in [-0.25, -0.2) is 8.42 Å². The molecule has 0 radical (unpaired) electrons. The lowest BCUT2D eigenvalue weighted by molar-refractivity contribution is 0.133. The van der Waals surface area contributed by atoms with Gasteiger partial charge < -0.3 is 4.52 Å². The smallest absolute Gasteiger partial charge is 0.245 e. The molecule has 2 fully saturated rings. The van der Waals surface area contributed by atoms with Gasteiger partial charge in [0.15, 0.2) is 0 Å². The molecule has 2 bridgehead atoms. The van der Waals surface area contributed by atoms with Crippen molar-refractivity contribution in [2.45, 2.75) is 51.0 Å². The molecule has 1 aromatic carbocycles. The standard InChI is InChI=1S/C17H21ClN2O3S/c1-16(2)6-11-7-17(3,9-16)10-20(11)24(21,22)14-5-4-13(18)12-8-23-19-15(12)14/h4-5,8,11H,6-7,9-10H2,1-3H3. The van der Waals surface area contributed by atoms with Gasteiger partial charge >= 0.3 is 0 Å². The average molecular weight is 369 g/mol. The Labute approximate surface area is 147 Å². The first-order chi connectivity index (χ1) is 11.1. The molecule has 2 heterocycles. The van der Waals surface area contributed by atoms with Crippen molar-refractivity contribution >= 4 is 32.5 Å². The summed E-state index contributed by atoms with van der Waals surface area (Å²) in [7, 11) is -3.64. The largest absolute Gasteiger partial charge is 0.363 e. The summed E-state index contributed by atoms with van der Waals surface area (Å²) in [5.41, 5.74) is 0.508. The van der Waals surface area contributed by atoms with Crippen molar-refractivity contribution < 1.29 is 12.9 Å². The molecule has 2 aliphatic rings. The molecule has 1 aliphatic heterocycles. The Balaban J connectivity index is 1.81. The highest BCUT2D eigenvalue weighted by Crippen LogP contribution is 2.53. The Morgan fingerprint density at radius 2 is 2.04 bits per heavy atom. The minimum Gasteiger partial charge on any atom is -0.363 e. The second-order valence-corrected chi connectivity index (χ2v) is 10.7. The molecule has 2 unspecified atom stereocenters. The Hall–Kier alpha value is -1.11. The third-order valence-corrected chi connectivity index (χ3v) is 7.65. The molecular weight excluding hydrogens is 348 g/mol. The van der Waals surface area contributed by atoms with Crippen LogP contribution in [0.1, 0.15) is 40.0 Å². The molecule has 24 heavy (non-hydrogen) atoms. The highest BCUT2D eigenvalue weighted by Gasteiger charge is 2.53. The summed E-state index contributed by atoms with van der Waals surface area (Å²) in [6, 6.07) is 3.18. The molecule has 1 saturated carbocycles. The van der Waals surface area contributed by atoms with Gasteiger partial charge in [0, 0.05) is 12.6 Å². The summed E-state index contributed by atoms with van der Waals surface area (Å²) in [4.78, 5) is 0.185. The molecule has 0 N–H and O–H groups in total. The normalized spacial score (nSPS) is 30.1. The lowest BCUT2D eigenvalue weighted by Crippen LogP contribution is -2.37. The number of hydrogen-bond donors (Lipinski definition) is 0.